The van der Waals surface area contributed by atoms with Crippen LogP contribution in [0.25, 0.3) is 28.0 Å². The fraction of sp³-hybridized carbons (Fsp3) is 0.250. The Kier molecular flexibility index (Phi) is 6.42. The van der Waals surface area contributed by atoms with Crippen molar-refractivity contribution in [2.75, 3.05) is 14.2 Å². The minimum absolute atomic E-state index is 0.837. The predicted molar refractivity (Wildman–Crippen MR) is 125 cm³/mol. The van der Waals surface area contributed by atoms with Crippen molar-refractivity contribution in [1.82, 2.24) is 0 Å². The van der Waals surface area contributed by atoms with Crippen molar-refractivity contribution >= 4 is 40.9 Å². The molecule has 0 amide bonds. The van der Waals surface area contributed by atoms with Crippen LogP contribution in [0.3, 0.4) is 0 Å². The summed E-state index contributed by atoms with van der Waals surface area (Å²) in [4.78, 5) is 5.32. The van der Waals surface area contributed by atoms with Gasteiger partial charge in [0.1, 0.15) is 11.5 Å². The fourth-order valence-electron chi connectivity index (χ4n) is 3.03. The molecular formula is C24H26O2S2. The summed E-state index contributed by atoms with van der Waals surface area (Å²) in [5, 5.41) is 0. The van der Waals surface area contributed by atoms with Crippen LogP contribution in [0.2, 0.25) is 0 Å². The number of allylic oxidation sites excluding steroid dienone is 1. The van der Waals surface area contributed by atoms with Crippen LogP contribution < -0.4 is 9.47 Å². The third-order valence-corrected chi connectivity index (χ3v) is 7.26. The van der Waals surface area contributed by atoms with E-state index in [1.807, 2.05) is 53.9 Å². The first-order chi connectivity index (χ1) is 13.5. The third-order valence-electron chi connectivity index (χ3n) is 4.71. The van der Waals surface area contributed by atoms with E-state index in [-0.39, 0.29) is 0 Å². The van der Waals surface area contributed by atoms with Crippen LogP contribution in [0, 0.1) is 20.8 Å². The molecule has 1 aromatic carbocycles. The van der Waals surface area contributed by atoms with Crippen molar-refractivity contribution in [3.05, 3.63) is 62.3 Å². The highest BCUT2D eigenvalue weighted by atomic mass is 32.1. The third kappa shape index (κ3) is 4.23. The van der Waals surface area contributed by atoms with E-state index < -0.39 is 0 Å². The molecule has 2 heterocycles. The first kappa shape index (κ1) is 20.4. The number of hydrogen-bond acceptors (Lipinski definition) is 4. The molecule has 0 aliphatic heterocycles. The maximum Gasteiger partial charge on any atom is 0.126 e. The Bertz CT molecular complexity index is 1020. The zero-order valence-electron chi connectivity index (χ0n) is 17.3. The van der Waals surface area contributed by atoms with Gasteiger partial charge in [0, 0.05) is 30.6 Å². The molecule has 0 atom stereocenters. The summed E-state index contributed by atoms with van der Waals surface area (Å²) < 4.78 is 11.2. The van der Waals surface area contributed by atoms with E-state index in [1.165, 1.54) is 30.6 Å². The largest absolute Gasteiger partial charge is 0.496 e. The van der Waals surface area contributed by atoms with Gasteiger partial charge in [-0.15, -0.1) is 22.7 Å². The molecule has 0 fully saturated rings. The Hall–Kier alpha value is -2.30. The molecule has 0 unspecified atom stereocenters. The van der Waals surface area contributed by atoms with E-state index in [9.17, 15) is 0 Å². The smallest absolute Gasteiger partial charge is 0.126 e. The fourth-order valence-corrected chi connectivity index (χ4v) is 5.21. The molecule has 0 saturated carbocycles. The molecule has 3 rings (SSSR count). The Morgan fingerprint density at radius 2 is 1.29 bits per heavy atom. The number of thiophene rings is 2. The molecule has 0 bridgehead atoms. The van der Waals surface area contributed by atoms with Crippen LogP contribution in [0.1, 0.15) is 38.9 Å². The van der Waals surface area contributed by atoms with E-state index in [4.69, 9.17) is 9.47 Å². The van der Waals surface area contributed by atoms with Gasteiger partial charge in [-0.3, -0.25) is 0 Å². The van der Waals surface area contributed by atoms with Crippen LogP contribution in [0.4, 0.5) is 0 Å². The molecule has 0 aliphatic rings. The topological polar surface area (TPSA) is 18.5 Å². The summed E-state index contributed by atoms with van der Waals surface area (Å²) in [6.45, 7) is 8.52. The minimum Gasteiger partial charge on any atom is -0.496 e. The van der Waals surface area contributed by atoms with Crippen LogP contribution in [-0.2, 0) is 0 Å². The number of rotatable bonds is 6. The molecule has 146 valence electrons. The second-order valence-corrected chi connectivity index (χ2v) is 9.02. The molecule has 0 N–H and O–H groups in total. The first-order valence-corrected chi connectivity index (χ1v) is 10.8. The van der Waals surface area contributed by atoms with Gasteiger partial charge < -0.3 is 9.47 Å². The Morgan fingerprint density at radius 1 is 0.714 bits per heavy atom. The molecular weight excluding hydrogens is 384 g/mol. The maximum absolute atomic E-state index is 5.61. The van der Waals surface area contributed by atoms with Gasteiger partial charge in [-0.2, -0.15) is 0 Å². The van der Waals surface area contributed by atoms with Gasteiger partial charge in [0.05, 0.1) is 14.2 Å². The monoisotopic (exact) mass is 410 g/mol. The summed E-state index contributed by atoms with van der Waals surface area (Å²) in [7, 11) is 3.40. The average Bonchev–Trinajstić information content (AvgIpc) is 3.22. The Balaban J connectivity index is 1.95. The van der Waals surface area contributed by atoms with Crippen molar-refractivity contribution in [2.45, 2.75) is 27.7 Å². The standard InChI is InChI=1S/C24H26O2S2/c1-7-8-18-13-21(26-6)19(14-20(18)25-5)9-10-22-16(3)12-24(28-22)23-11-15(2)17(4)27-23/h7-14H,1-6H3/b8-7+,10-9+. The molecule has 0 aliphatic carbocycles. The van der Waals surface area contributed by atoms with Crippen LogP contribution >= 0.6 is 22.7 Å². The predicted octanol–water partition coefficient (Wildman–Crippen LogP) is 7.62. The van der Waals surface area contributed by atoms with Crippen molar-refractivity contribution in [3.63, 3.8) is 0 Å². The van der Waals surface area contributed by atoms with Gasteiger partial charge in [0.25, 0.3) is 0 Å². The van der Waals surface area contributed by atoms with Crippen LogP contribution in [0.5, 0.6) is 11.5 Å². The summed E-state index contributed by atoms with van der Waals surface area (Å²) in [6, 6.07) is 8.61. The summed E-state index contributed by atoms with van der Waals surface area (Å²) in [5.74, 6) is 1.68. The lowest BCUT2D eigenvalue weighted by Gasteiger charge is -2.11. The highest BCUT2D eigenvalue weighted by molar-refractivity contribution is 7.22. The zero-order valence-corrected chi connectivity index (χ0v) is 18.9. The number of hydrogen-bond donors (Lipinski definition) is 0. The maximum atomic E-state index is 5.61. The van der Waals surface area contributed by atoms with Gasteiger partial charge in [-0.25, -0.2) is 0 Å². The molecule has 28 heavy (non-hydrogen) atoms. The van der Waals surface area contributed by atoms with Gasteiger partial charge >= 0.3 is 0 Å². The number of aryl methyl sites for hydroxylation is 3. The Labute approximate surface area is 175 Å². The molecule has 0 radical (unpaired) electrons. The zero-order chi connectivity index (χ0) is 20.3. The van der Waals surface area contributed by atoms with Gasteiger partial charge in [0.2, 0.25) is 0 Å². The lowest BCUT2D eigenvalue weighted by Crippen LogP contribution is -1.93. The van der Waals surface area contributed by atoms with E-state index in [2.05, 4.69) is 45.1 Å². The summed E-state index contributed by atoms with van der Waals surface area (Å²) in [5.41, 5.74) is 4.67. The van der Waals surface area contributed by atoms with Crippen molar-refractivity contribution in [1.29, 1.82) is 0 Å². The van der Waals surface area contributed by atoms with E-state index >= 15 is 0 Å². The average molecular weight is 411 g/mol. The summed E-state index contributed by atoms with van der Waals surface area (Å²) >= 11 is 3.69. The molecule has 4 heteroatoms. The van der Waals surface area contributed by atoms with Gasteiger partial charge in [-0.05, 0) is 75.2 Å². The lowest BCUT2D eigenvalue weighted by molar-refractivity contribution is 0.401. The lowest BCUT2D eigenvalue weighted by atomic mass is 10.1. The second-order valence-electron chi connectivity index (χ2n) is 6.68. The van der Waals surface area contributed by atoms with E-state index in [1.54, 1.807) is 14.2 Å². The SMILES string of the molecule is C/C=C/c1cc(OC)c(/C=C/c2sc(-c3cc(C)c(C)s3)cc2C)cc1OC. The minimum atomic E-state index is 0.837. The number of benzene rings is 1. The number of methoxy groups -OCH3 is 2. The normalized spacial score (nSPS) is 11.6. The molecule has 0 saturated heterocycles. The molecule has 2 aromatic heterocycles. The van der Waals surface area contributed by atoms with Crippen molar-refractivity contribution in [2.24, 2.45) is 0 Å². The second kappa shape index (κ2) is 8.80. The van der Waals surface area contributed by atoms with Gasteiger partial charge in [-0.1, -0.05) is 12.2 Å². The first-order valence-electron chi connectivity index (χ1n) is 9.21. The van der Waals surface area contributed by atoms with Crippen molar-refractivity contribution in [3.8, 4) is 21.3 Å². The summed E-state index contributed by atoms with van der Waals surface area (Å²) in [6.07, 6.45) is 8.30. The van der Waals surface area contributed by atoms with Crippen molar-refractivity contribution < 1.29 is 9.47 Å². The van der Waals surface area contributed by atoms with E-state index in [0.29, 0.717) is 0 Å². The highest BCUT2D eigenvalue weighted by Gasteiger charge is 2.11. The molecule has 3 aromatic rings. The van der Waals surface area contributed by atoms with Crippen LogP contribution in [-0.4, -0.2) is 14.2 Å². The van der Waals surface area contributed by atoms with E-state index in [0.717, 1.165) is 22.6 Å². The molecule has 0 spiro atoms. The van der Waals surface area contributed by atoms with Crippen LogP contribution in [0.15, 0.2) is 30.3 Å². The highest BCUT2D eigenvalue weighted by Crippen LogP contribution is 2.38. The molecule has 2 nitrogen and oxygen atoms in total. The number of ether oxygens (including phenoxy) is 2. The van der Waals surface area contributed by atoms with Gasteiger partial charge in [0.15, 0.2) is 0 Å². The quantitative estimate of drug-likeness (QED) is 0.416. The Morgan fingerprint density at radius 3 is 1.82 bits per heavy atom.